The van der Waals surface area contributed by atoms with Gasteiger partial charge in [-0.25, -0.2) is 0 Å². The molecule has 1 saturated heterocycles. The number of carbonyl (C=O) groups excluding carboxylic acids is 2. The Hall–Kier alpha value is -1.55. The Morgan fingerprint density at radius 2 is 2.11 bits per heavy atom. The zero-order chi connectivity index (χ0) is 13.3. The Morgan fingerprint density at radius 1 is 1.39 bits per heavy atom. The molecule has 1 aliphatic heterocycles. The lowest BCUT2D eigenvalue weighted by Crippen LogP contribution is -2.63. The van der Waals surface area contributed by atoms with Crippen molar-refractivity contribution >= 4 is 23.4 Å². The predicted octanol–water partition coefficient (Wildman–Crippen LogP) is 1.58. The van der Waals surface area contributed by atoms with E-state index in [9.17, 15) is 9.59 Å². The van der Waals surface area contributed by atoms with Crippen molar-refractivity contribution in [1.29, 1.82) is 0 Å². The highest BCUT2D eigenvalue weighted by atomic mass is 35.5. The second-order valence-corrected chi connectivity index (χ2v) is 5.40. The van der Waals surface area contributed by atoms with E-state index >= 15 is 0 Å². The van der Waals surface area contributed by atoms with Crippen molar-refractivity contribution in [2.45, 2.75) is 25.9 Å². The van der Waals surface area contributed by atoms with E-state index in [-0.39, 0.29) is 18.4 Å². The third kappa shape index (κ3) is 2.64. The molecule has 4 nitrogen and oxygen atoms in total. The number of nitrogens with one attached hydrogen (secondary N) is 1. The molecule has 18 heavy (non-hydrogen) atoms. The highest BCUT2D eigenvalue weighted by Crippen LogP contribution is 2.18. The van der Waals surface area contributed by atoms with Crippen LogP contribution in [-0.2, 0) is 16.1 Å². The van der Waals surface area contributed by atoms with E-state index in [0.717, 1.165) is 5.56 Å². The van der Waals surface area contributed by atoms with Gasteiger partial charge in [0, 0.05) is 11.6 Å². The number of amides is 2. The fraction of sp³-hybridized carbons (Fsp3) is 0.385. The summed E-state index contributed by atoms with van der Waals surface area (Å²) in [4.78, 5) is 25.3. The van der Waals surface area contributed by atoms with Crippen LogP contribution in [0.25, 0.3) is 0 Å². The van der Waals surface area contributed by atoms with Gasteiger partial charge in [0.25, 0.3) is 0 Å². The van der Waals surface area contributed by atoms with Gasteiger partial charge in [0.2, 0.25) is 11.8 Å². The van der Waals surface area contributed by atoms with Crippen molar-refractivity contribution in [2.24, 2.45) is 0 Å². The van der Waals surface area contributed by atoms with Gasteiger partial charge in [-0.2, -0.15) is 0 Å². The van der Waals surface area contributed by atoms with Crippen LogP contribution in [-0.4, -0.2) is 28.8 Å². The summed E-state index contributed by atoms with van der Waals surface area (Å²) < 4.78 is 0. The average molecular weight is 267 g/mol. The van der Waals surface area contributed by atoms with Crippen molar-refractivity contribution in [2.75, 3.05) is 6.54 Å². The van der Waals surface area contributed by atoms with Crippen LogP contribution in [0.5, 0.6) is 0 Å². The van der Waals surface area contributed by atoms with Crippen LogP contribution < -0.4 is 5.32 Å². The zero-order valence-corrected chi connectivity index (χ0v) is 11.1. The number of halogens is 1. The monoisotopic (exact) mass is 266 g/mol. The molecular weight excluding hydrogens is 252 g/mol. The van der Waals surface area contributed by atoms with Gasteiger partial charge in [-0.3, -0.25) is 9.59 Å². The van der Waals surface area contributed by atoms with Gasteiger partial charge in [-0.1, -0.05) is 23.7 Å². The van der Waals surface area contributed by atoms with Gasteiger partial charge < -0.3 is 10.2 Å². The van der Waals surface area contributed by atoms with Crippen LogP contribution in [0.2, 0.25) is 5.02 Å². The van der Waals surface area contributed by atoms with Gasteiger partial charge in [0.1, 0.15) is 5.54 Å². The molecule has 0 radical (unpaired) electrons. The van der Waals surface area contributed by atoms with Crippen LogP contribution in [0.3, 0.4) is 0 Å². The first-order chi connectivity index (χ1) is 8.38. The number of benzene rings is 1. The number of hydrogen-bond donors (Lipinski definition) is 1. The number of carbonyl (C=O) groups is 2. The van der Waals surface area contributed by atoms with E-state index in [2.05, 4.69) is 5.32 Å². The Morgan fingerprint density at radius 3 is 2.78 bits per heavy atom. The quantitative estimate of drug-likeness (QED) is 0.884. The molecule has 0 atom stereocenters. The summed E-state index contributed by atoms with van der Waals surface area (Å²) in [5.74, 6) is -0.219. The minimum Gasteiger partial charge on any atom is -0.341 e. The van der Waals surface area contributed by atoms with Crippen molar-refractivity contribution in [1.82, 2.24) is 10.2 Å². The zero-order valence-electron chi connectivity index (χ0n) is 10.4. The summed E-state index contributed by atoms with van der Waals surface area (Å²) in [6, 6.07) is 7.30. The average Bonchev–Trinajstić information content (AvgIpc) is 2.24. The third-order valence-corrected chi connectivity index (χ3v) is 3.11. The van der Waals surface area contributed by atoms with Crippen LogP contribution in [0.15, 0.2) is 24.3 Å². The van der Waals surface area contributed by atoms with Crippen molar-refractivity contribution < 1.29 is 9.59 Å². The van der Waals surface area contributed by atoms with Gasteiger partial charge >= 0.3 is 0 Å². The van der Waals surface area contributed by atoms with Crippen LogP contribution in [0.1, 0.15) is 19.4 Å². The lowest BCUT2D eigenvalue weighted by atomic mass is 10.00. The summed E-state index contributed by atoms with van der Waals surface area (Å²) in [5.41, 5.74) is 0.0785. The molecule has 5 heteroatoms. The maximum atomic E-state index is 12.2. The second-order valence-electron chi connectivity index (χ2n) is 4.96. The first-order valence-electron chi connectivity index (χ1n) is 5.73. The highest BCUT2D eigenvalue weighted by molar-refractivity contribution is 6.30. The standard InChI is InChI=1S/C13H15ClN2O2/c1-13(2)12(18)16(8-11(17)15-13)7-9-4-3-5-10(14)6-9/h3-6H,7-8H2,1-2H3,(H,15,17). The molecule has 0 aliphatic carbocycles. The maximum Gasteiger partial charge on any atom is 0.248 e. The molecule has 2 rings (SSSR count). The number of hydrogen-bond acceptors (Lipinski definition) is 2. The van der Waals surface area contributed by atoms with E-state index < -0.39 is 5.54 Å². The van der Waals surface area contributed by atoms with Crippen molar-refractivity contribution in [3.63, 3.8) is 0 Å². The minimum absolute atomic E-state index is 0.0814. The van der Waals surface area contributed by atoms with Gasteiger partial charge in [-0.15, -0.1) is 0 Å². The molecule has 1 fully saturated rings. The van der Waals surface area contributed by atoms with Gasteiger partial charge in [0.15, 0.2) is 0 Å². The summed E-state index contributed by atoms with van der Waals surface area (Å²) in [6.07, 6.45) is 0. The van der Waals surface area contributed by atoms with Crippen LogP contribution >= 0.6 is 11.6 Å². The third-order valence-electron chi connectivity index (χ3n) is 2.87. The fourth-order valence-corrected chi connectivity index (χ4v) is 2.28. The highest BCUT2D eigenvalue weighted by Gasteiger charge is 2.38. The topological polar surface area (TPSA) is 49.4 Å². The molecule has 0 saturated carbocycles. The Kier molecular flexibility index (Phi) is 3.30. The molecule has 0 unspecified atom stereocenters. The molecule has 2 amide bonds. The summed E-state index contributed by atoms with van der Waals surface area (Å²) in [5, 5.41) is 3.30. The van der Waals surface area contributed by atoms with Crippen molar-refractivity contribution in [3.8, 4) is 0 Å². The largest absolute Gasteiger partial charge is 0.341 e. The van der Waals surface area contributed by atoms with Gasteiger partial charge in [-0.05, 0) is 31.5 Å². The predicted molar refractivity (Wildman–Crippen MR) is 69.1 cm³/mol. The molecule has 0 aromatic heterocycles. The molecule has 1 aliphatic rings. The molecule has 1 aromatic carbocycles. The Bertz CT molecular complexity index is 500. The molecule has 1 N–H and O–H groups in total. The molecule has 0 bridgehead atoms. The van der Waals surface area contributed by atoms with Crippen LogP contribution in [0, 0.1) is 0 Å². The molecular formula is C13H15ClN2O2. The SMILES string of the molecule is CC1(C)NC(=O)CN(Cc2cccc(Cl)c2)C1=O. The maximum absolute atomic E-state index is 12.2. The molecule has 0 spiro atoms. The second kappa shape index (κ2) is 4.61. The summed E-state index contributed by atoms with van der Waals surface area (Å²) in [6.45, 7) is 3.90. The first kappa shape index (κ1) is 12.9. The number of nitrogens with zero attached hydrogens (tertiary/aromatic N) is 1. The van der Waals surface area contributed by atoms with Crippen LogP contribution in [0.4, 0.5) is 0 Å². The molecule has 1 aromatic rings. The van der Waals surface area contributed by atoms with E-state index in [1.165, 1.54) is 0 Å². The van der Waals surface area contributed by atoms with E-state index in [4.69, 9.17) is 11.6 Å². The summed E-state index contributed by atoms with van der Waals surface area (Å²) >= 11 is 5.90. The Balaban J connectivity index is 2.18. The Labute approximate surface area is 111 Å². The number of rotatable bonds is 2. The minimum atomic E-state index is -0.839. The number of piperazine rings is 1. The van der Waals surface area contributed by atoms with E-state index in [1.54, 1.807) is 30.9 Å². The van der Waals surface area contributed by atoms with Crippen molar-refractivity contribution in [3.05, 3.63) is 34.9 Å². The first-order valence-corrected chi connectivity index (χ1v) is 6.11. The van der Waals surface area contributed by atoms with Gasteiger partial charge in [0.05, 0.1) is 6.54 Å². The summed E-state index contributed by atoms with van der Waals surface area (Å²) in [7, 11) is 0. The molecule has 1 heterocycles. The normalized spacial score (nSPS) is 18.7. The lowest BCUT2D eigenvalue weighted by molar-refractivity contribution is -0.148. The fourth-order valence-electron chi connectivity index (χ4n) is 2.07. The lowest BCUT2D eigenvalue weighted by Gasteiger charge is -2.37. The van der Waals surface area contributed by atoms with E-state index in [1.807, 2.05) is 12.1 Å². The van der Waals surface area contributed by atoms with E-state index in [0.29, 0.717) is 11.6 Å². The smallest absolute Gasteiger partial charge is 0.248 e. The molecule has 96 valence electrons.